The predicted molar refractivity (Wildman–Crippen MR) is 67.9 cm³/mol. The molecule has 0 atom stereocenters. The molecule has 2 aromatic heterocycles. The lowest BCUT2D eigenvalue weighted by atomic mass is 10.3. The van der Waals surface area contributed by atoms with Gasteiger partial charge in [0.15, 0.2) is 0 Å². The van der Waals surface area contributed by atoms with Crippen molar-refractivity contribution in [2.75, 3.05) is 18.6 Å². The lowest BCUT2D eigenvalue weighted by molar-refractivity contribution is -0.140. The van der Waals surface area contributed by atoms with Gasteiger partial charge in [0.25, 0.3) is 0 Å². The van der Waals surface area contributed by atoms with Crippen LogP contribution >= 0.6 is 11.8 Å². The fourth-order valence-electron chi connectivity index (χ4n) is 1.49. The number of nitrogens with zero attached hydrogens (tertiary/aromatic N) is 1. The first-order valence-corrected chi connectivity index (χ1v) is 6.12. The summed E-state index contributed by atoms with van der Waals surface area (Å²) in [4.78, 5) is 19.2. The summed E-state index contributed by atoms with van der Waals surface area (Å²) in [5.41, 5.74) is 6.47. The molecule has 5 nitrogen and oxygen atoms in total. The minimum Gasteiger partial charge on any atom is -0.469 e. The number of H-pyrrole nitrogens is 1. The Morgan fingerprint density at radius 2 is 2.47 bits per heavy atom. The smallest absolute Gasteiger partial charge is 0.306 e. The lowest BCUT2D eigenvalue weighted by Gasteiger charge is -2.04. The van der Waals surface area contributed by atoms with Crippen LogP contribution in [-0.4, -0.2) is 28.8 Å². The van der Waals surface area contributed by atoms with Gasteiger partial charge in [-0.05, 0) is 12.1 Å². The van der Waals surface area contributed by atoms with Crippen molar-refractivity contribution in [2.24, 2.45) is 0 Å². The second-order valence-corrected chi connectivity index (χ2v) is 4.60. The van der Waals surface area contributed by atoms with Crippen molar-refractivity contribution in [3.63, 3.8) is 0 Å². The van der Waals surface area contributed by atoms with Crippen LogP contribution < -0.4 is 5.73 Å². The molecule has 0 aliphatic heterocycles. The van der Waals surface area contributed by atoms with Gasteiger partial charge in [0.1, 0.15) is 11.5 Å². The molecule has 0 saturated carbocycles. The van der Waals surface area contributed by atoms with E-state index in [4.69, 9.17) is 5.73 Å². The maximum Gasteiger partial charge on any atom is 0.306 e. The number of nitrogen functional groups attached to an aromatic ring is 1. The Bertz CT molecular complexity index is 538. The molecule has 0 unspecified atom stereocenters. The largest absolute Gasteiger partial charge is 0.469 e. The number of aromatic nitrogens is 2. The number of hydrogen-bond acceptors (Lipinski definition) is 5. The highest BCUT2D eigenvalue weighted by molar-refractivity contribution is 7.99. The minimum atomic E-state index is -0.204. The Kier molecular flexibility index (Phi) is 3.53. The van der Waals surface area contributed by atoms with Crippen molar-refractivity contribution in [3.05, 3.63) is 18.3 Å². The van der Waals surface area contributed by atoms with Crippen molar-refractivity contribution in [3.8, 4) is 0 Å². The third-order valence-electron chi connectivity index (χ3n) is 2.30. The van der Waals surface area contributed by atoms with Gasteiger partial charge in [-0.15, -0.1) is 11.8 Å². The van der Waals surface area contributed by atoms with Crippen LogP contribution in [0.2, 0.25) is 0 Å². The Morgan fingerprint density at radius 1 is 1.65 bits per heavy atom. The van der Waals surface area contributed by atoms with Gasteiger partial charge >= 0.3 is 5.97 Å². The summed E-state index contributed by atoms with van der Waals surface area (Å²) < 4.78 is 4.59. The molecule has 2 aromatic rings. The van der Waals surface area contributed by atoms with E-state index in [1.165, 1.54) is 7.11 Å². The third-order valence-corrected chi connectivity index (χ3v) is 3.36. The van der Waals surface area contributed by atoms with Crippen LogP contribution in [0.3, 0.4) is 0 Å². The summed E-state index contributed by atoms with van der Waals surface area (Å²) in [6.07, 6.45) is 2.21. The van der Waals surface area contributed by atoms with Crippen LogP contribution in [0.15, 0.2) is 23.2 Å². The fraction of sp³-hybridized carbons (Fsp3) is 0.273. The zero-order chi connectivity index (χ0) is 12.3. The number of rotatable bonds is 4. The van der Waals surface area contributed by atoms with Crippen molar-refractivity contribution in [2.45, 2.75) is 11.3 Å². The average molecular weight is 251 g/mol. The van der Waals surface area contributed by atoms with E-state index in [-0.39, 0.29) is 5.97 Å². The highest BCUT2D eigenvalue weighted by Crippen LogP contribution is 2.28. The molecule has 0 saturated heterocycles. The number of methoxy groups -OCH3 is 1. The van der Waals surface area contributed by atoms with Crippen molar-refractivity contribution >= 4 is 34.6 Å². The van der Waals surface area contributed by atoms with E-state index in [2.05, 4.69) is 14.7 Å². The predicted octanol–water partition coefficient (Wildman–Crippen LogP) is 1.80. The monoisotopic (exact) mass is 251 g/mol. The molecule has 17 heavy (non-hydrogen) atoms. The van der Waals surface area contributed by atoms with Crippen LogP contribution in [0, 0.1) is 0 Å². The van der Waals surface area contributed by atoms with Gasteiger partial charge < -0.3 is 15.5 Å². The summed E-state index contributed by atoms with van der Waals surface area (Å²) in [6.45, 7) is 0. The molecule has 0 bridgehead atoms. The zero-order valence-corrected chi connectivity index (χ0v) is 10.2. The molecule has 0 amide bonds. The summed E-state index contributed by atoms with van der Waals surface area (Å²) >= 11 is 1.57. The number of nitrogens with one attached hydrogen (secondary N) is 1. The number of anilines is 1. The standard InChI is InChI=1S/C11H13N3O2S/c1-16-10(15)3-5-17-8-6-9(12)14-11-7(8)2-4-13-11/h2,4,6H,3,5H2,1H3,(H3,12,13,14). The number of nitrogens with two attached hydrogens (primary N) is 1. The quantitative estimate of drug-likeness (QED) is 0.639. The van der Waals surface area contributed by atoms with Crippen molar-refractivity contribution < 1.29 is 9.53 Å². The lowest BCUT2D eigenvalue weighted by Crippen LogP contribution is -2.01. The number of thioether (sulfide) groups is 1. The highest BCUT2D eigenvalue weighted by atomic mass is 32.2. The first kappa shape index (κ1) is 11.8. The van der Waals surface area contributed by atoms with Gasteiger partial charge in [0.2, 0.25) is 0 Å². The van der Waals surface area contributed by atoms with Crippen LogP contribution in [0.1, 0.15) is 6.42 Å². The Balaban J connectivity index is 2.12. The minimum absolute atomic E-state index is 0.204. The molecule has 3 N–H and O–H groups in total. The number of carbonyl (C=O) groups is 1. The van der Waals surface area contributed by atoms with Gasteiger partial charge in [-0.2, -0.15) is 0 Å². The molecular formula is C11H13N3O2S. The first-order chi connectivity index (χ1) is 8.20. The van der Waals surface area contributed by atoms with Gasteiger partial charge in [-0.1, -0.05) is 0 Å². The number of pyridine rings is 1. The third kappa shape index (κ3) is 2.71. The van der Waals surface area contributed by atoms with E-state index >= 15 is 0 Å². The second kappa shape index (κ2) is 5.09. The van der Waals surface area contributed by atoms with E-state index in [1.807, 2.05) is 18.3 Å². The zero-order valence-electron chi connectivity index (χ0n) is 9.40. The Hall–Kier alpha value is -1.69. The highest BCUT2D eigenvalue weighted by Gasteiger charge is 2.07. The van der Waals surface area contributed by atoms with Crippen molar-refractivity contribution in [1.29, 1.82) is 0 Å². The van der Waals surface area contributed by atoms with Crippen LogP contribution in [-0.2, 0) is 9.53 Å². The average Bonchev–Trinajstić information content (AvgIpc) is 2.76. The molecule has 0 aromatic carbocycles. The Labute approximate surface area is 103 Å². The summed E-state index contributed by atoms with van der Waals surface area (Å²) in [7, 11) is 1.39. The van der Waals surface area contributed by atoms with Crippen LogP contribution in [0.5, 0.6) is 0 Å². The summed E-state index contributed by atoms with van der Waals surface area (Å²) in [5, 5.41) is 1.02. The topological polar surface area (TPSA) is 81.0 Å². The molecule has 2 heterocycles. The summed E-state index contributed by atoms with van der Waals surface area (Å²) in [5.74, 6) is 0.932. The number of esters is 1. The number of carbonyl (C=O) groups excluding carboxylic acids is 1. The molecule has 0 fully saturated rings. The molecule has 0 radical (unpaired) electrons. The maximum atomic E-state index is 11.0. The molecule has 2 rings (SSSR count). The number of fused-ring (bicyclic) bond motifs is 1. The molecular weight excluding hydrogens is 238 g/mol. The molecule has 0 spiro atoms. The van der Waals surface area contributed by atoms with E-state index < -0.39 is 0 Å². The first-order valence-electron chi connectivity index (χ1n) is 5.14. The molecule has 0 aliphatic rings. The van der Waals surface area contributed by atoms with Gasteiger partial charge in [-0.3, -0.25) is 4.79 Å². The van der Waals surface area contributed by atoms with Gasteiger partial charge in [-0.25, -0.2) is 4.98 Å². The SMILES string of the molecule is COC(=O)CCSc1cc(N)nc2[nH]ccc12. The van der Waals surface area contributed by atoms with Crippen LogP contribution in [0.4, 0.5) is 5.82 Å². The van der Waals surface area contributed by atoms with Gasteiger partial charge in [0, 0.05) is 22.2 Å². The Morgan fingerprint density at radius 3 is 3.24 bits per heavy atom. The number of hydrogen-bond donors (Lipinski definition) is 2. The summed E-state index contributed by atoms with van der Waals surface area (Å²) in [6, 6.07) is 3.76. The van der Waals surface area contributed by atoms with E-state index in [0.29, 0.717) is 18.0 Å². The maximum absolute atomic E-state index is 11.0. The van der Waals surface area contributed by atoms with E-state index in [9.17, 15) is 4.79 Å². The van der Waals surface area contributed by atoms with E-state index in [0.717, 1.165) is 15.9 Å². The second-order valence-electron chi connectivity index (χ2n) is 3.46. The van der Waals surface area contributed by atoms with E-state index in [1.54, 1.807) is 11.8 Å². The molecule has 6 heteroatoms. The number of aromatic amines is 1. The molecule has 90 valence electrons. The molecule has 0 aliphatic carbocycles. The van der Waals surface area contributed by atoms with Gasteiger partial charge in [0.05, 0.1) is 13.5 Å². The fourth-order valence-corrected chi connectivity index (χ4v) is 2.50. The van der Waals surface area contributed by atoms with Crippen molar-refractivity contribution in [1.82, 2.24) is 9.97 Å². The van der Waals surface area contributed by atoms with Crippen LogP contribution in [0.25, 0.3) is 11.0 Å². The number of ether oxygens (including phenoxy) is 1. The normalized spacial score (nSPS) is 10.6.